The van der Waals surface area contributed by atoms with Gasteiger partial charge in [0.1, 0.15) is 0 Å². The third-order valence-corrected chi connectivity index (χ3v) is 4.23. The molecule has 0 bridgehead atoms. The van der Waals surface area contributed by atoms with Gasteiger partial charge in [0.25, 0.3) is 0 Å². The first-order valence-electron chi connectivity index (χ1n) is 8.56. The Balaban J connectivity index is 1.94. The Morgan fingerprint density at radius 2 is 2.08 bits per heavy atom. The lowest BCUT2D eigenvalue weighted by Crippen LogP contribution is -2.35. The highest BCUT2D eigenvalue weighted by Crippen LogP contribution is 2.29. The van der Waals surface area contributed by atoms with Crippen LogP contribution in [-0.2, 0) is 0 Å². The fourth-order valence-electron chi connectivity index (χ4n) is 3.12. The van der Waals surface area contributed by atoms with Gasteiger partial charge in [-0.25, -0.2) is 0 Å². The van der Waals surface area contributed by atoms with Crippen LogP contribution in [0.5, 0.6) is 11.5 Å². The van der Waals surface area contributed by atoms with Crippen LogP contribution in [-0.4, -0.2) is 50.8 Å². The van der Waals surface area contributed by atoms with E-state index in [9.17, 15) is 0 Å². The molecule has 6 nitrogen and oxygen atoms in total. The number of rotatable bonds is 7. The molecule has 1 aliphatic heterocycles. The summed E-state index contributed by atoms with van der Waals surface area (Å²) >= 11 is 0. The number of ether oxygens (including phenoxy) is 2. The van der Waals surface area contributed by atoms with Crippen molar-refractivity contribution in [2.24, 2.45) is 16.6 Å². The minimum absolute atomic E-state index is 0.429. The Morgan fingerprint density at radius 1 is 1.33 bits per heavy atom. The van der Waals surface area contributed by atoms with Gasteiger partial charge in [0, 0.05) is 24.3 Å². The molecule has 3 N–H and O–H groups in total. The van der Waals surface area contributed by atoms with Gasteiger partial charge in [0.05, 0.1) is 20.8 Å². The van der Waals surface area contributed by atoms with Gasteiger partial charge >= 0.3 is 0 Å². The number of nitrogens with zero attached hydrogens (tertiary/aromatic N) is 2. The number of likely N-dealkylation sites (tertiary alicyclic amines) is 1. The van der Waals surface area contributed by atoms with Crippen molar-refractivity contribution < 1.29 is 9.47 Å². The van der Waals surface area contributed by atoms with Crippen LogP contribution in [0.1, 0.15) is 26.7 Å². The molecule has 1 aromatic rings. The van der Waals surface area contributed by atoms with Crippen molar-refractivity contribution in [2.45, 2.75) is 32.7 Å². The molecular formula is C18H30N4O2. The zero-order valence-corrected chi connectivity index (χ0v) is 15.2. The van der Waals surface area contributed by atoms with Crippen LogP contribution < -0.4 is 20.5 Å². The van der Waals surface area contributed by atoms with Crippen molar-refractivity contribution in [2.75, 3.05) is 39.2 Å². The molecule has 1 fully saturated rings. The van der Waals surface area contributed by atoms with E-state index in [1.54, 1.807) is 14.2 Å². The summed E-state index contributed by atoms with van der Waals surface area (Å²) in [7, 11) is 3.23. The Hall–Kier alpha value is -1.95. The number of benzene rings is 1. The van der Waals surface area contributed by atoms with Gasteiger partial charge in [0.15, 0.2) is 17.5 Å². The van der Waals surface area contributed by atoms with Crippen LogP contribution in [0, 0.1) is 5.92 Å². The first kappa shape index (κ1) is 18.4. The second-order valence-electron chi connectivity index (χ2n) is 6.61. The van der Waals surface area contributed by atoms with Crippen LogP contribution in [0.4, 0.5) is 5.69 Å². The molecule has 0 spiro atoms. The van der Waals surface area contributed by atoms with E-state index in [2.05, 4.69) is 29.1 Å². The smallest absolute Gasteiger partial charge is 0.193 e. The summed E-state index contributed by atoms with van der Waals surface area (Å²) < 4.78 is 10.5. The SMILES string of the molecule is COc1ccc(NC(N)=NC[C@H]2CCCN2CC(C)C)cc1OC. The van der Waals surface area contributed by atoms with Crippen molar-refractivity contribution in [3.63, 3.8) is 0 Å². The molecule has 0 aliphatic carbocycles. The molecule has 1 saturated heterocycles. The molecule has 24 heavy (non-hydrogen) atoms. The monoisotopic (exact) mass is 334 g/mol. The Labute approximate surface area is 145 Å². The molecule has 6 heteroatoms. The molecule has 0 unspecified atom stereocenters. The van der Waals surface area contributed by atoms with Crippen molar-refractivity contribution in [1.82, 2.24) is 4.90 Å². The van der Waals surface area contributed by atoms with Crippen molar-refractivity contribution >= 4 is 11.6 Å². The van der Waals surface area contributed by atoms with Gasteiger partial charge in [-0.05, 0) is 37.4 Å². The number of anilines is 1. The third kappa shape index (κ3) is 5.03. The van der Waals surface area contributed by atoms with Crippen LogP contribution in [0.3, 0.4) is 0 Å². The molecule has 1 aliphatic rings. The van der Waals surface area contributed by atoms with Crippen LogP contribution in [0.2, 0.25) is 0 Å². The summed E-state index contributed by atoms with van der Waals surface area (Å²) in [5.41, 5.74) is 6.87. The molecule has 0 radical (unpaired) electrons. The predicted octanol–water partition coefficient (Wildman–Crippen LogP) is 2.55. The van der Waals surface area contributed by atoms with E-state index in [0.29, 0.717) is 29.4 Å². The summed E-state index contributed by atoms with van der Waals surface area (Å²) in [6.45, 7) is 7.54. The zero-order chi connectivity index (χ0) is 17.5. The molecular weight excluding hydrogens is 304 g/mol. The highest BCUT2D eigenvalue weighted by atomic mass is 16.5. The number of aliphatic imine (C=N–C) groups is 1. The van der Waals surface area contributed by atoms with Crippen molar-refractivity contribution in [3.05, 3.63) is 18.2 Å². The highest BCUT2D eigenvalue weighted by Gasteiger charge is 2.24. The van der Waals surface area contributed by atoms with Gasteiger partial charge in [-0.1, -0.05) is 13.8 Å². The molecule has 1 aromatic carbocycles. The third-order valence-electron chi connectivity index (χ3n) is 4.23. The minimum Gasteiger partial charge on any atom is -0.493 e. The van der Waals surface area contributed by atoms with E-state index in [-0.39, 0.29) is 0 Å². The van der Waals surface area contributed by atoms with E-state index in [4.69, 9.17) is 15.2 Å². The average Bonchev–Trinajstić information content (AvgIpc) is 2.99. The number of hydrogen-bond donors (Lipinski definition) is 2. The minimum atomic E-state index is 0.429. The van der Waals surface area contributed by atoms with Gasteiger partial charge in [-0.2, -0.15) is 0 Å². The quantitative estimate of drug-likeness (QED) is 0.592. The Bertz CT molecular complexity index is 560. The van der Waals surface area contributed by atoms with Gasteiger partial charge in [-0.15, -0.1) is 0 Å². The van der Waals surface area contributed by atoms with E-state index < -0.39 is 0 Å². The molecule has 0 aromatic heterocycles. The second kappa shape index (κ2) is 8.78. The number of guanidine groups is 1. The average molecular weight is 334 g/mol. The Kier molecular flexibility index (Phi) is 6.73. The van der Waals surface area contributed by atoms with E-state index in [1.165, 1.54) is 19.4 Å². The van der Waals surface area contributed by atoms with Crippen LogP contribution >= 0.6 is 0 Å². The largest absolute Gasteiger partial charge is 0.493 e. The lowest BCUT2D eigenvalue weighted by Gasteiger charge is -2.25. The normalized spacial score (nSPS) is 18.9. The van der Waals surface area contributed by atoms with E-state index >= 15 is 0 Å². The highest BCUT2D eigenvalue weighted by molar-refractivity contribution is 5.92. The maximum Gasteiger partial charge on any atom is 0.193 e. The summed E-state index contributed by atoms with van der Waals surface area (Å²) in [5.74, 6) is 2.46. The first-order chi connectivity index (χ1) is 11.5. The summed E-state index contributed by atoms with van der Waals surface area (Å²) in [6, 6.07) is 6.08. The number of nitrogens with two attached hydrogens (primary N) is 1. The Morgan fingerprint density at radius 3 is 2.75 bits per heavy atom. The molecule has 1 heterocycles. The molecule has 2 rings (SSSR count). The van der Waals surface area contributed by atoms with E-state index in [0.717, 1.165) is 18.8 Å². The molecule has 0 amide bonds. The summed E-state index contributed by atoms with van der Waals surface area (Å²) in [4.78, 5) is 7.05. The first-order valence-corrected chi connectivity index (χ1v) is 8.56. The van der Waals surface area contributed by atoms with Gasteiger partial charge in [-0.3, -0.25) is 9.89 Å². The fraction of sp³-hybridized carbons (Fsp3) is 0.611. The van der Waals surface area contributed by atoms with E-state index in [1.807, 2.05) is 18.2 Å². The van der Waals surface area contributed by atoms with Crippen LogP contribution in [0.15, 0.2) is 23.2 Å². The van der Waals surface area contributed by atoms with Gasteiger partial charge in [0.2, 0.25) is 0 Å². The lowest BCUT2D eigenvalue weighted by atomic mass is 10.2. The predicted molar refractivity (Wildman–Crippen MR) is 99.1 cm³/mol. The fourth-order valence-corrected chi connectivity index (χ4v) is 3.12. The standard InChI is InChI=1S/C18H30N4O2/c1-13(2)12-22-9-5-6-15(22)11-20-18(19)21-14-7-8-16(23-3)17(10-14)24-4/h7-8,10,13,15H,5-6,9,11-12H2,1-4H3,(H3,19,20,21)/t15-/m1/s1. The number of hydrogen-bond acceptors (Lipinski definition) is 4. The van der Waals surface area contributed by atoms with Crippen LogP contribution in [0.25, 0.3) is 0 Å². The van der Waals surface area contributed by atoms with Crippen molar-refractivity contribution in [1.29, 1.82) is 0 Å². The summed E-state index contributed by atoms with van der Waals surface area (Å²) in [6.07, 6.45) is 2.44. The maximum absolute atomic E-state index is 6.04. The summed E-state index contributed by atoms with van der Waals surface area (Å²) in [5, 5.41) is 3.12. The second-order valence-corrected chi connectivity index (χ2v) is 6.61. The lowest BCUT2D eigenvalue weighted by molar-refractivity contribution is 0.231. The topological polar surface area (TPSA) is 72.1 Å². The number of nitrogens with one attached hydrogen (secondary N) is 1. The molecule has 1 atom stereocenters. The zero-order valence-electron chi connectivity index (χ0n) is 15.2. The van der Waals surface area contributed by atoms with Gasteiger partial charge < -0.3 is 20.5 Å². The molecule has 134 valence electrons. The molecule has 0 saturated carbocycles. The maximum atomic E-state index is 6.04. The van der Waals surface area contributed by atoms with Crippen molar-refractivity contribution in [3.8, 4) is 11.5 Å². The number of methoxy groups -OCH3 is 2.